The molecule has 108 valence electrons. The summed E-state index contributed by atoms with van der Waals surface area (Å²) < 4.78 is 18.2. The molecule has 0 fully saturated rings. The van der Waals surface area contributed by atoms with E-state index in [1.54, 1.807) is 18.4 Å². The van der Waals surface area contributed by atoms with Crippen molar-refractivity contribution in [2.24, 2.45) is 0 Å². The molecule has 2 aromatic rings. The monoisotopic (exact) mass is 277 g/mol. The molecule has 2 atom stereocenters. The Morgan fingerprint density at radius 2 is 2.00 bits per heavy atom. The van der Waals surface area contributed by atoms with E-state index in [2.05, 4.69) is 12.2 Å². The molecule has 0 aliphatic carbocycles. The zero-order chi connectivity index (χ0) is 14.4. The second-order valence-electron chi connectivity index (χ2n) is 4.97. The Morgan fingerprint density at radius 1 is 1.25 bits per heavy atom. The number of hydrogen-bond donors (Lipinski definition) is 2. The first kappa shape index (κ1) is 14.8. The third-order valence-corrected chi connectivity index (χ3v) is 3.34. The first-order valence-electron chi connectivity index (χ1n) is 6.84. The van der Waals surface area contributed by atoms with Gasteiger partial charge in [-0.2, -0.15) is 0 Å². The average Bonchev–Trinajstić information content (AvgIpc) is 2.97. The lowest BCUT2D eigenvalue weighted by molar-refractivity contribution is 0.232. The van der Waals surface area contributed by atoms with Gasteiger partial charge in [-0.25, -0.2) is 4.39 Å². The first-order valence-corrected chi connectivity index (χ1v) is 6.84. The molecule has 2 rings (SSSR count). The minimum absolute atomic E-state index is 0.0171. The zero-order valence-electron chi connectivity index (χ0n) is 11.6. The summed E-state index contributed by atoms with van der Waals surface area (Å²) in [6.07, 6.45) is 3.43. The normalized spacial score (nSPS) is 14.2. The zero-order valence-corrected chi connectivity index (χ0v) is 11.6. The Morgan fingerprint density at radius 3 is 2.60 bits per heavy atom. The molecular weight excluding hydrogens is 257 g/mol. The number of aliphatic hydroxyl groups is 1. The van der Waals surface area contributed by atoms with Gasteiger partial charge in [0, 0.05) is 12.5 Å². The van der Waals surface area contributed by atoms with Crippen molar-refractivity contribution in [3.63, 3.8) is 0 Å². The van der Waals surface area contributed by atoms with Crippen LogP contribution in [0.5, 0.6) is 0 Å². The van der Waals surface area contributed by atoms with E-state index in [1.807, 2.05) is 12.1 Å². The fraction of sp³-hybridized carbons (Fsp3) is 0.375. The van der Waals surface area contributed by atoms with E-state index in [0.717, 1.165) is 24.2 Å². The van der Waals surface area contributed by atoms with Crippen molar-refractivity contribution in [3.8, 4) is 0 Å². The molecule has 0 radical (unpaired) electrons. The van der Waals surface area contributed by atoms with Gasteiger partial charge < -0.3 is 14.8 Å². The molecular formula is C16H20FNO2. The summed E-state index contributed by atoms with van der Waals surface area (Å²) in [5.41, 5.74) is 0.888. The van der Waals surface area contributed by atoms with Crippen LogP contribution in [0.4, 0.5) is 4.39 Å². The summed E-state index contributed by atoms with van der Waals surface area (Å²) in [6, 6.07) is 10.1. The number of benzene rings is 1. The van der Waals surface area contributed by atoms with Gasteiger partial charge in [0.1, 0.15) is 11.6 Å². The van der Waals surface area contributed by atoms with Crippen LogP contribution in [0.1, 0.15) is 30.7 Å². The van der Waals surface area contributed by atoms with E-state index < -0.39 is 0 Å². The SMILES string of the molecule is CC(CCc1ccco1)NC(CO)c1ccc(F)cc1. The van der Waals surface area contributed by atoms with Crippen molar-refractivity contribution >= 4 is 0 Å². The highest BCUT2D eigenvalue weighted by Crippen LogP contribution is 2.15. The molecule has 0 aliphatic rings. The first-order chi connectivity index (χ1) is 9.69. The highest BCUT2D eigenvalue weighted by molar-refractivity contribution is 5.20. The fourth-order valence-electron chi connectivity index (χ4n) is 2.19. The Bertz CT molecular complexity index is 496. The van der Waals surface area contributed by atoms with Gasteiger partial charge in [-0.15, -0.1) is 0 Å². The number of aryl methyl sites for hydroxylation is 1. The number of aliphatic hydroxyl groups excluding tert-OH is 1. The van der Waals surface area contributed by atoms with Gasteiger partial charge in [-0.1, -0.05) is 12.1 Å². The summed E-state index contributed by atoms with van der Waals surface area (Å²) in [5, 5.41) is 12.8. The van der Waals surface area contributed by atoms with Crippen LogP contribution in [0, 0.1) is 5.82 Å². The van der Waals surface area contributed by atoms with Crippen LogP contribution in [0.25, 0.3) is 0 Å². The van der Waals surface area contributed by atoms with Crippen LogP contribution in [-0.2, 0) is 6.42 Å². The quantitative estimate of drug-likeness (QED) is 0.817. The maximum absolute atomic E-state index is 12.9. The third kappa shape index (κ3) is 4.18. The summed E-state index contributed by atoms with van der Waals surface area (Å²) in [5.74, 6) is 0.692. The lowest BCUT2D eigenvalue weighted by Gasteiger charge is -2.22. The van der Waals surface area contributed by atoms with Crippen LogP contribution < -0.4 is 5.32 Å². The van der Waals surface area contributed by atoms with Gasteiger partial charge in [-0.3, -0.25) is 0 Å². The van der Waals surface area contributed by atoms with Crippen LogP contribution >= 0.6 is 0 Å². The van der Waals surface area contributed by atoms with E-state index in [0.29, 0.717) is 0 Å². The van der Waals surface area contributed by atoms with E-state index in [-0.39, 0.29) is 24.5 Å². The van der Waals surface area contributed by atoms with E-state index >= 15 is 0 Å². The van der Waals surface area contributed by atoms with Crippen LogP contribution in [-0.4, -0.2) is 17.8 Å². The molecule has 3 nitrogen and oxygen atoms in total. The molecule has 0 aliphatic heterocycles. The molecule has 0 amide bonds. The molecule has 0 saturated heterocycles. The van der Waals surface area contributed by atoms with Crippen molar-refractivity contribution < 1.29 is 13.9 Å². The molecule has 20 heavy (non-hydrogen) atoms. The Kier molecular flexibility index (Phi) is 5.32. The molecule has 0 saturated carbocycles. The van der Waals surface area contributed by atoms with Crippen molar-refractivity contribution in [2.45, 2.75) is 31.8 Å². The summed E-state index contributed by atoms with van der Waals surface area (Å²) in [4.78, 5) is 0. The largest absolute Gasteiger partial charge is 0.469 e. The van der Waals surface area contributed by atoms with Crippen molar-refractivity contribution in [3.05, 3.63) is 59.8 Å². The second kappa shape index (κ2) is 7.22. The summed E-state index contributed by atoms with van der Waals surface area (Å²) in [7, 11) is 0. The maximum Gasteiger partial charge on any atom is 0.123 e. The Hall–Kier alpha value is -1.65. The lowest BCUT2D eigenvalue weighted by atomic mass is 10.0. The van der Waals surface area contributed by atoms with E-state index in [1.165, 1.54) is 12.1 Å². The van der Waals surface area contributed by atoms with Crippen molar-refractivity contribution in [1.29, 1.82) is 0 Å². The fourth-order valence-corrected chi connectivity index (χ4v) is 2.19. The second-order valence-corrected chi connectivity index (χ2v) is 4.97. The smallest absolute Gasteiger partial charge is 0.123 e. The minimum atomic E-state index is -0.267. The molecule has 1 heterocycles. The van der Waals surface area contributed by atoms with Gasteiger partial charge in [0.05, 0.1) is 18.9 Å². The van der Waals surface area contributed by atoms with Crippen molar-refractivity contribution in [1.82, 2.24) is 5.32 Å². The predicted molar refractivity (Wildman–Crippen MR) is 75.9 cm³/mol. The average molecular weight is 277 g/mol. The number of halogens is 1. The third-order valence-electron chi connectivity index (χ3n) is 3.34. The standard InChI is InChI=1S/C16H20FNO2/c1-12(4-9-15-3-2-10-20-15)18-16(11-19)13-5-7-14(17)8-6-13/h2-3,5-8,10,12,16,18-19H,4,9,11H2,1H3. The van der Waals surface area contributed by atoms with Gasteiger partial charge in [0.2, 0.25) is 0 Å². The van der Waals surface area contributed by atoms with Crippen LogP contribution in [0.2, 0.25) is 0 Å². The molecule has 2 unspecified atom stereocenters. The summed E-state index contributed by atoms with van der Waals surface area (Å²) >= 11 is 0. The highest BCUT2D eigenvalue weighted by Gasteiger charge is 2.13. The molecule has 1 aromatic carbocycles. The molecule has 0 bridgehead atoms. The summed E-state index contributed by atoms with van der Waals surface area (Å²) in [6.45, 7) is 2.05. The number of nitrogens with one attached hydrogen (secondary N) is 1. The van der Waals surface area contributed by atoms with Gasteiger partial charge in [0.15, 0.2) is 0 Å². The molecule has 4 heteroatoms. The number of furan rings is 1. The highest BCUT2D eigenvalue weighted by atomic mass is 19.1. The van der Waals surface area contributed by atoms with Gasteiger partial charge >= 0.3 is 0 Å². The van der Waals surface area contributed by atoms with E-state index in [9.17, 15) is 9.50 Å². The lowest BCUT2D eigenvalue weighted by Crippen LogP contribution is -2.33. The van der Waals surface area contributed by atoms with E-state index in [4.69, 9.17) is 4.42 Å². The number of hydrogen-bond acceptors (Lipinski definition) is 3. The molecule has 1 aromatic heterocycles. The van der Waals surface area contributed by atoms with Crippen LogP contribution in [0.15, 0.2) is 47.1 Å². The van der Waals surface area contributed by atoms with Crippen LogP contribution in [0.3, 0.4) is 0 Å². The topological polar surface area (TPSA) is 45.4 Å². The maximum atomic E-state index is 12.9. The van der Waals surface area contributed by atoms with Gasteiger partial charge in [-0.05, 0) is 43.2 Å². The van der Waals surface area contributed by atoms with Gasteiger partial charge in [0.25, 0.3) is 0 Å². The predicted octanol–water partition coefficient (Wildman–Crippen LogP) is 3.06. The Balaban J connectivity index is 1.87. The molecule has 2 N–H and O–H groups in total. The Labute approximate surface area is 118 Å². The minimum Gasteiger partial charge on any atom is -0.469 e. The number of rotatable bonds is 7. The molecule has 0 spiro atoms. The van der Waals surface area contributed by atoms with Crippen molar-refractivity contribution in [2.75, 3.05) is 6.61 Å².